The first kappa shape index (κ1) is 23.5. The van der Waals surface area contributed by atoms with Gasteiger partial charge in [0.15, 0.2) is 6.04 Å². The number of para-hydroxylation sites is 1. The third kappa shape index (κ3) is 4.85. The molecule has 0 aliphatic carbocycles. The quantitative estimate of drug-likeness (QED) is 0.378. The van der Waals surface area contributed by atoms with E-state index in [0.717, 1.165) is 0 Å². The molecule has 1 heterocycles. The molecule has 9 heteroatoms. The number of hydrogen-bond donors (Lipinski definition) is 0. The Hall–Kier alpha value is -2.18. The van der Waals surface area contributed by atoms with E-state index in [-0.39, 0.29) is 19.8 Å². The molecule has 2 aromatic carbocycles. The highest BCUT2D eigenvalue weighted by Crippen LogP contribution is 2.58. The van der Waals surface area contributed by atoms with Gasteiger partial charge in [-0.2, -0.15) is 5.10 Å². The van der Waals surface area contributed by atoms with Crippen LogP contribution in [0.5, 0.6) is 0 Å². The number of esters is 1. The molecule has 0 spiro atoms. The first-order chi connectivity index (χ1) is 15.0. The second-order valence-corrected chi connectivity index (χ2v) is 9.22. The van der Waals surface area contributed by atoms with E-state index in [0.29, 0.717) is 22.0 Å². The van der Waals surface area contributed by atoms with Crippen LogP contribution in [0.15, 0.2) is 59.7 Å². The molecular formula is C22H26ClN2O5P. The highest BCUT2D eigenvalue weighted by molar-refractivity contribution is 7.56. The highest BCUT2D eigenvalue weighted by Gasteiger charge is 2.55. The lowest BCUT2D eigenvalue weighted by molar-refractivity contribution is -0.144. The van der Waals surface area contributed by atoms with Crippen molar-refractivity contribution < 1.29 is 23.1 Å². The molecule has 3 rings (SSSR count). The summed E-state index contributed by atoms with van der Waals surface area (Å²) in [7, 11) is -3.83. The Morgan fingerprint density at radius 1 is 1.00 bits per heavy atom. The fraction of sp³-hybridized carbons (Fsp3) is 0.364. The van der Waals surface area contributed by atoms with Crippen molar-refractivity contribution in [2.75, 3.05) is 24.8 Å². The van der Waals surface area contributed by atoms with Gasteiger partial charge >= 0.3 is 13.6 Å². The molecule has 0 fully saturated rings. The second-order valence-electron chi connectivity index (χ2n) is 6.66. The average Bonchev–Trinajstić information content (AvgIpc) is 3.16. The van der Waals surface area contributed by atoms with Crippen LogP contribution in [0.2, 0.25) is 5.02 Å². The van der Waals surface area contributed by atoms with Crippen molar-refractivity contribution in [3.63, 3.8) is 0 Å². The number of halogens is 1. The molecule has 2 aromatic rings. The van der Waals surface area contributed by atoms with Crippen molar-refractivity contribution in [2.45, 2.75) is 32.5 Å². The minimum Gasteiger partial charge on any atom is -0.464 e. The van der Waals surface area contributed by atoms with Crippen molar-refractivity contribution in [3.05, 3.63) is 65.2 Å². The number of hydrazone groups is 1. The summed E-state index contributed by atoms with van der Waals surface area (Å²) < 4.78 is 30.7. The van der Waals surface area contributed by atoms with Gasteiger partial charge < -0.3 is 13.8 Å². The fourth-order valence-electron chi connectivity index (χ4n) is 3.54. The number of anilines is 1. The number of benzene rings is 2. The molecule has 166 valence electrons. The SMILES string of the molecule is CCOC(=O)[C@@H]1[C@@H](P(=O)(OCC)OCC)C(c2ccccc2Cl)=NN1c1ccccc1. The molecular weight excluding hydrogens is 439 g/mol. The van der Waals surface area contributed by atoms with Gasteiger partial charge in [-0.3, -0.25) is 4.57 Å². The van der Waals surface area contributed by atoms with Gasteiger partial charge in [0, 0.05) is 10.6 Å². The lowest BCUT2D eigenvalue weighted by Gasteiger charge is -2.30. The van der Waals surface area contributed by atoms with E-state index in [1.165, 1.54) is 5.01 Å². The number of hydrogen-bond acceptors (Lipinski definition) is 7. The number of carbonyl (C=O) groups is 1. The monoisotopic (exact) mass is 464 g/mol. The Labute approximate surface area is 187 Å². The molecule has 1 aliphatic rings. The van der Waals surface area contributed by atoms with E-state index in [1.54, 1.807) is 45.0 Å². The molecule has 0 aromatic heterocycles. The summed E-state index contributed by atoms with van der Waals surface area (Å²) >= 11 is 6.47. The Kier molecular flexibility index (Phi) is 7.89. The standard InChI is InChI=1S/C22H26ClN2O5P/c1-4-28-22(26)20-21(31(27,29-5-2)30-6-3)19(17-14-10-11-15-18(17)23)24-25(20)16-12-8-7-9-13-16/h7-15,20-21H,4-6H2,1-3H3/t20-,21-/m0/s1. The summed E-state index contributed by atoms with van der Waals surface area (Å²) in [4.78, 5) is 13.2. The smallest absolute Gasteiger partial charge is 0.342 e. The maximum Gasteiger partial charge on any atom is 0.342 e. The summed E-state index contributed by atoms with van der Waals surface area (Å²) in [5.74, 6) is -0.568. The van der Waals surface area contributed by atoms with Gasteiger partial charge in [-0.15, -0.1) is 0 Å². The minimum absolute atomic E-state index is 0.143. The van der Waals surface area contributed by atoms with E-state index < -0.39 is 25.3 Å². The fourth-order valence-corrected chi connectivity index (χ4v) is 5.97. The van der Waals surface area contributed by atoms with Gasteiger partial charge in [0.1, 0.15) is 5.66 Å². The zero-order valence-electron chi connectivity index (χ0n) is 17.7. The number of ether oxygens (including phenoxy) is 1. The van der Waals surface area contributed by atoms with Crippen LogP contribution in [0.3, 0.4) is 0 Å². The van der Waals surface area contributed by atoms with Crippen LogP contribution in [0.1, 0.15) is 26.3 Å². The number of rotatable bonds is 9. The highest BCUT2D eigenvalue weighted by atomic mass is 35.5. The summed E-state index contributed by atoms with van der Waals surface area (Å²) in [5, 5.41) is 6.66. The molecule has 2 atom stereocenters. The van der Waals surface area contributed by atoms with Crippen molar-refractivity contribution in [1.29, 1.82) is 0 Å². The lowest BCUT2D eigenvalue weighted by atomic mass is 10.0. The summed E-state index contributed by atoms with van der Waals surface area (Å²) in [6.45, 7) is 5.62. The van der Waals surface area contributed by atoms with Crippen LogP contribution in [0.25, 0.3) is 0 Å². The van der Waals surface area contributed by atoms with Crippen LogP contribution in [0.4, 0.5) is 5.69 Å². The third-order valence-corrected chi connectivity index (χ3v) is 7.49. The van der Waals surface area contributed by atoms with Crippen molar-refractivity contribution in [2.24, 2.45) is 5.10 Å². The van der Waals surface area contributed by atoms with Gasteiger partial charge in [-0.25, -0.2) is 9.80 Å². The maximum atomic E-state index is 14.0. The first-order valence-electron chi connectivity index (χ1n) is 10.2. The Morgan fingerprint density at radius 3 is 2.19 bits per heavy atom. The molecule has 0 radical (unpaired) electrons. The molecule has 0 N–H and O–H groups in total. The van der Waals surface area contributed by atoms with Gasteiger partial charge in [-0.05, 0) is 39.0 Å². The molecule has 0 saturated carbocycles. The van der Waals surface area contributed by atoms with Crippen LogP contribution in [-0.4, -0.2) is 43.2 Å². The van der Waals surface area contributed by atoms with E-state index in [9.17, 15) is 9.36 Å². The van der Waals surface area contributed by atoms with Crippen molar-refractivity contribution in [3.8, 4) is 0 Å². The molecule has 0 amide bonds. The molecule has 1 aliphatic heterocycles. The van der Waals surface area contributed by atoms with Crippen molar-refractivity contribution in [1.82, 2.24) is 0 Å². The first-order valence-corrected chi connectivity index (χ1v) is 12.2. The van der Waals surface area contributed by atoms with E-state index in [4.69, 9.17) is 30.5 Å². The molecule has 0 bridgehead atoms. The predicted molar refractivity (Wildman–Crippen MR) is 122 cm³/mol. The average molecular weight is 465 g/mol. The largest absolute Gasteiger partial charge is 0.464 e. The van der Waals surface area contributed by atoms with E-state index >= 15 is 0 Å². The van der Waals surface area contributed by atoms with Gasteiger partial charge in [0.25, 0.3) is 0 Å². The summed E-state index contributed by atoms with van der Waals surface area (Å²) in [5.41, 5.74) is 0.540. The third-order valence-electron chi connectivity index (χ3n) is 4.72. The lowest BCUT2D eigenvalue weighted by Crippen LogP contribution is -2.45. The molecule has 31 heavy (non-hydrogen) atoms. The summed E-state index contributed by atoms with van der Waals surface area (Å²) in [6.07, 6.45) is 0. The molecule has 7 nitrogen and oxygen atoms in total. The van der Waals surface area contributed by atoms with Crippen LogP contribution in [-0.2, 0) is 23.1 Å². The van der Waals surface area contributed by atoms with Gasteiger partial charge in [-0.1, -0.05) is 48.0 Å². The minimum atomic E-state index is -3.83. The Balaban J connectivity index is 2.24. The topological polar surface area (TPSA) is 77.4 Å². The van der Waals surface area contributed by atoms with E-state index in [1.807, 2.05) is 30.3 Å². The van der Waals surface area contributed by atoms with Gasteiger partial charge in [0.2, 0.25) is 0 Å². The zero-order valence-corrected chi connectivity index (χ0v) is 19.4. The Bertz CT molecular complexity index is 975. The summed E-state index contributed by atoms with van der Waals surface area (Å²) in [6, 6.07) is 15.2. The number of carbonyl (C=O) groups excluding carboxylic acids is 1. The van der Waals surface area contributed by atoms with Crippen LogP contribution in [0, 0.1) is 0 Å². The second kappa shape index (κ2) is 10.4. The predicted octanol–water partition coefficient (Wildman–Crippen LogP) is 5.13. The van der Waals surface area contributed by atoms with Gasteiger partial charge in [0.05, 0.1) is 31.2 Å². The molecule has 0 unspecified atom stereocenters. The van der Waals surface area contributed by atoms with Crippen molar-refractivity contribution >= 4 is 36.6 Å². The van der Waals surface area contributed by atoms with Crippen LogP contribution >= 0.6 is 19.2 Å². The Morgan fingerprint density at radius 2 is 1.61 bits per heavy atom. The maximum absolute atomic E-state index is 14.0. The van der Waals surface area contributed by atoms with Crippen LogP contribution < -0.4 is 5.01 Å². The molecule has 0 saturated heterocycles. The number of nitrogens with zero attached hydrogens (tertiary/aromatic N) is 2. The van der Waals surface area contributed by atoms with E-state index in [2.05, 4.69) is 0 Å². The zero-order chi connectivity index (χ0) is 22.4. The normalized spacial score (nSPS) is 18.7.